The maximum Gasteiger partial charge on any atom is 0.324 e. The first-order chi connectivity index (χ1) is 16.6. The minimum Gasteiger partial charge on any atom is -0.481 e. The first kappa shape index (κ1) is 21.4. The van der Waals surface area contributed by atoms with Gasteiger partial charge in [-0.15, -0.1) is 11.3 Å². The van der Waals surface area contributed by atoms with Gasteiger partial charge in [0.2, 0.25) is 0 Å². The molecule has 0 aliphatic rings. The zero-order valence-corrected chi connectivity index (χ0v) is 18.8. The number of carboxylic acid groups (broad SMARTS) is 1. The summed E-state index contributed by atoms with van der Waals surface area (Å²) in [6.07, 6.45) is -0.1000. The topological polar surface area (TPSA) is 96.2 Å². The van der Waals surface area contributed by atoms with Crippen molar-refractivity contribution in [3.05, 3.63) is 95.9 Å². The Morgan fingerprint density at radius 2 is 1.74 bits per heavy atom. The van der Waals surface area contributed by atoms with Gasteiger partial charge >= 0.3 is 12.0 Å². The molecule has 0 unspecified atom stereocenters. The number of fused-ring (bicyclic) bond motifs is 1. The van der Waals surface area contributed by atoms with Gasteiger partial charge in [-0.3, -0.25) is 10.1 Å². The molecule has 5 rings (SSSR count). The Bertz CT molecular complexity index is 1490. The second-order valence-electron chi connectivity index (χ2n) is 7.65. The second-order valence-corrected chi connectivity index (χ2v) is 8.60. The first-order valence-corrected chi connectivity index (χ1v) is 11.5. The lowest BCUT2D eigenvalue weighted by Gasteiger charge is -2.12. The molecule has 3 N–H and O–H groups in total. The Morgan fingerprint density at radius 3 is 2.56 bits per heavy atom. The molecule has 34 heavy (non-hydrogen) atoms. The number of hydrogen-bond donors (Lipinski definition) is 3. The molecule has 0 spiro atoms. The van der Waals surface area contributed by atoms with Gasteiger partial charge in [-0.1, -0.05) is 54.6 Å². The van der Waals surface area contributed by atoms with Crippen molar-refractivity contribution < 1.29 is 14.7 Å². The molecule has 8 heteroatoms. The van der Waals surface area contributed by atoms with Crippen LogP contribution < -0.4 is 10.6 Å². The predicted octanol–water partition coefficient (Wildman–Crippen LogP) is 6.03. The molecular weight excluding hydrogens is 448 g/mol. The van der Waals surface area contributed by atoms with Crippen molar-refractivity contribution in [2.75, 3.05) is 10.6 Å². The van der Waals surface area contributed by atoms with Gasteiger partial charge in [0, 0.05) is 11.5 Å². The fraction of sp³-hybridized carbons (Fsp3) is 0.0385. The van der Waals surface area contributed by atoms with E-state index in [-0.39, 0.29) is 6.42 Å². The van der Waals surface area contributed by atoms with Crippen LogP contribution in [0.15, 0.2) is 90.3 Å². The average Bonchev–Trinajstić information content (AvgIpc) is 3.49. The molecule has 5 aromatic rings. The lowest BCUT2D eigenvalue weighted by Crippen LogP contribution is -2.21. The summed E-state index contributed by atoms with van der Waals surface area (Å²) in [5, 5.41) is 23.6. The van der Waals surface area contributed by atoms with E-state index < -0.39 is 12.0 Å². The van der Waals surface area contributed by atoms with Crippen molar-refractivity contribution in [3.8, 4) is 16.3 Å². The quantitative estimate of drug-likeness (QED) is 0.284. The Morgan fingerprint density at radius 1 is 0.912 bits per heavy atom. The number of nitrogens with zero attached hydrogens (tertiary/aromatic N) is 2. The highest BCUT2D eigenvalue weighted by Gasteiger charge is 2.16. The minimum atomic E-state index is -0.912. The molecule has 2 heterocycles. The molecule has 0 bridgehead atoms. The van der Waals surface area contributed by atoms with Gasteiger partial charge in [-0.25, -0.2) is 9.48 Å². The van der Waals surface area contributed by atoms with Gasteiger partial charge in [0.05, 0.1) is 22.7 Å². The van der Waals surface area contributed by atoms with Crippen molar-refractivity contribution in [1.82, 2.24) is 9.78 Å². The average molecular weight is 469 g/mol. The Kier molecular flexibility index (Phi) is 5.80. The summed E-state index contributed by atoms with van der Waals surface area (Å²) in [7, 11) is 0. The first-order valence-electron chi connectivity index (χ1n) is 10.6. The Balaban J connectivity index is 1.48. The highest BCUT2D eigenvalue weighted by atomic mass is 32.1. The van der Waals surface area contributed by atoms with Gasteiger partial charge < -0.3 is 10.4 Å². The van der Waals surface area contributed by atoms with Crippen LogP contribution in [0.3, 0.4) is 0 Å². The van der Waals surface area contributed by atoms with E-state index in [9.17, 15) is 9.59 Å². The summed E-state index contributed by atoms with van der Waals surface area (Å²) in [6.45, 7) is 0. The van der Waals surface area contributed by atoms with E-state index in [2.05, 4.69) is 10.6 Å². The molecule has 0 aliphatic carbocycles. The molecule has 7 nitrogen and oxygen atoms in total. The molecule has 168 valence electrons. The molecular formula is C26H20N4O3S. The zero-order valence-electron chi connectivity index (χ0n) is 17.9. The smallest absolute Gasteiger partial charge is 0.324 e. The largest absolute Gasteiger partial charge is 0.481 e. The van der Waals surface area contributed by atoms with Crippen molar-refractivity contribution in [2.24, 2.45) is 0 Å². The number of rotatable bonds is 6. The number of carbonyl (C=O) groups is 2. The summed E-state index contributed by atoms with van der Waals surface area (Å²) in [5.74, 6) is -0.446. The third-order valence-corrected chi connectivity index (χ3v) is 6.17. The third kappa shape index (κ3) is 4.53. The van der Waals surface area contributed by atoms with Crippen LogP contribution in [-0.2, 0) is 11.2 Å². The third-order valence-electron chi connectivity index (χ3n) is 5.27. The normalized spacial score (nSPS) is 10.8. The van der Waals surface area contributed by atoms with Crippen LogP contribution in [0.1, 0.15) is 5.56 Å². The van der Waals surface area contributed by atoms with Crippen LogP contribution in [-0.4, -0.2) is 26.9 Å². The number of aromatic nitrogens is 2. The minimum absolute atomic E-state index is 0.1000. The SMILES string of the molecule is O=C(O)Cc1cccc(-n2nc(-c3cccs3)cc2NC(=O)Nc2cccc3ccccc23)c1. The standard InChI is InChI=1S/C26H20N4O3S/c31-25(32)15-17-6-3-9-19(14-17)30-24(16-22(29-30)23-12-5-13-34-23)28-26(33)27-21-11-4-8-18-7-1-2-10-20(18)21/h1-14,16H,15H2,(H,31,32)(H2,27,28,33). The maximum atomic E-state index is 13.0. The maximum absolute atomic E-state index is 13.0. The summed E-state index contributed by atoms with van der Waals surface area (Å²) < 4.78 is 1.61. The number of carboxylic acids is 1. The number of amides is 2. The second kappa shape index (κ2) is 9.21. The van der Waals surface area contributed by atoms with Gasteiger partial charge in [-0.2, -0.15) is 5.10 Å². The van der Waals surface area contributed by atoms with Gasteiger partial charge in [0.25, 0.3) is 0 Å². The molecule has 2 amide bonds. The van der Waals surface area contributed by atoms with E-state index in [0.717, 1.165) is 15.6 Å². The molecule has 0 fully saturated rings. The van der Waals surface area contributed by atoms with Crippen molar-refractivity contribution in [3.63, 3.8) is 0 Å². The summed E-state index contributed by atoms with van der Waals surface area (Å²) >= 11 is 1.55. The molecule has 0 radical (unpaired) electrons. The van der Waals surface area contributed by atoms with E-state index in [1.807, 2.05) is 66.0 Å². The van der Waals surface area contributed by atoms with Crippen LogP contribution >= 0.6 is 11.3 Å². The lowest BCUT2D eigenvalue weighted by atomic mass is 10.1. The number of nitrogens with one attached hydrogen (secondary N) is 2. The zero-order chi connectivity index (χ0) is 23.5. The molecule has 2 aromatic heterocycles. The summed E-state index contributed by atoms with van der Waals surface area (Å²) in [4.78, 5) is 25.1. The van der Waals surface area contributed by atoms with E-state index in [0.29, 0.717) is 28.5 Å². The number of anilines is 2. The predicted molar refractivity (Wildman–Crippen MR) is 135 cm³/mol. The van der Waals surface area contributed by atoms with Gasteiger partial charge in [0.15, 0.2) is 0 Å². The Labute approximate surface area is 199 Å². The van der Waals surface area contributed by atoms with Crippen molar-refractivity contribution in [1.29, 1.82) is 0 Å². The molecule has 0 saturated heterocycles. The lowest BCUT2D eigenvalue weighted by molar-refractivity contribution is -0.136. The van der Waals surface area contributed by atoms with Crippen LogP contribution in [0.2, 0.25) is 0 Å². The molecule has 3 aromatic carbocycles. The summed E-state index contributed by atoms with van der Waals surface area (Å²) in [5.41, 5.74) is 2.70. The fourth-order valence-electron chi connectivity index (χ4n) is 3.79. The monoisotopic (exact) mass is 468 g/mol. The number of carbonyl (C=O) groups excluding carboxylic acids is 1. The Hall–Kier alpha value is -4.43. The van der Waals surface area contributed by atoms with Crippen molar-refractivity contribution >= 4 is 45.6 Å². The van der Waals surface area contributed by atoms with E-state index in [1.54, 1.807) is 40.3 Å². The van der Waals surface area contributed by atoms with Crippen LogP contribution in [0, 0.1) is 0 Å². The molecule has 0 aliphatic heterocycles. The van der Waals surface area contributed by atoms with E-state index >= 15 is 0 Å². The number of thiophene rings is 1. The highest BCUT2D eigenvalue weighted by Crippen LogP contribution is 2.29. The van der Waals surface area contributed by atoms with Crippen LogP contribution in [0.5, 0.6) is 0 Å². The highest BCUT2D eigenvalue weighted by molar-refractivity contribution is 7.13. The fourth-order valence-corrected chi connectivity index (χ4v) is 4.47. The van der Waals surface area contributed by atoms with Gasteiger partial charge in [-0.05, 0) is 40.6 Å². The van der Waals surface area contributed by atoms with Gasteiger partial charge in [0.1, 0.15) is 11.5 Å². The summed E-state index contributed by atoms with van der Waals surface area (Å²) in [6, 6.07) is 26.0. The van der Waals surface area contributed by atoms with Crippen LogP contribution in [0.25, 0.3) is 27.0 Å². The van der Waals surface area contributed by atoms with Crippen molar-refractivity contribution in [2.45, 2.75) is 6.42 Å². The number of benzene rings is 3. The molecule has 0 saturated carbocycles. The number of urea groups is 1. The number of aliphatic carboxylic acids is 1. The van der Waals surface area contributed by atoms with E-state index in [4.69, 9.17) is 10.2 Å². The van der Waals surface area contributed by atoms with E-state index in [1.165, 1.54) is 0 Å². The number of hydrogen-bond acceptors (Lipinski definition) is 4. The molecule has 0 atom stereocenters. The van der Waals surface area contributed by atoms with Crippen LogP contribution in [0.4, 0.5) is 16.3 Å².